The highest BCUT2D eigenvalue weighted by Crippen LogP contribution is 2.24. The minimum atomic E-state index is -3.21. The van der Waals surface area contributed by atoms with E-state index in [2.05, 4.69) is 20.0 Å². The number of nitrogens with one attached hydrogen (secondary N) is 2. The molecule has 0 unspecified atom stereocenters. The van der Waals surface area contributed by atoms with E-state index in [4.69, 9.17) is 4.74 Å². The number of rotatable bonds is 7. The molecular formula is C19H20N4O3S. The van der Waals surface area contributed by atoms with E-state index in [1.807, 2.05) is 54.6 Å². The van der Waals surface area contributed by atoms with E-state index < -0.39 is 10.0 Å². The summed E-state index contributed by atoms with van der Waals surface area (Å²) in [6.07, 6.45) is 2.64. The van der Waals surface area contributed by atoms with Crippen LogP contribution in [-0.4, -0.2) is 31.8 Å². The molecule has 3 rings (SSSR count). The quantitative estimate of drug-likeness (QED) is 0.651. The van der Waals surface area contributed by atoms with E-state index in [1.165, 1.54) is 6.33 Å². The van der Waals surface area contributed by atoms with Gasteiger partial charge in [0, 0.05) is 23.9 Å². The van der Waals surface area contributed by atoms with E-state index in [0.29, 0.717) is 5.82 Å². The van der Waals surface area contributed by atoms with Crippen molar-refractivity contribution in [3.05, 3.63) is 66.5 Å². The Bertz CT molecular complexity index is 1020. The van der Waals surface area contributed by atoms with Gasteiger partial charge in [-0.15, -0.1) is 0 Å². The molecule has 140 valence electrons. The second-order valence-corrected chi connectivity index (χ2v) is 7.77. The minimum Gasteiger partial charge on any atom is -0.497 e. The van der Waals surface area contributed by atoms with Crippen LogP contribution in [0.5, 0.6) is 5.75 Å². The molecule has 1 heterocycles. The largest absolute Gasteiger partial charge is 0.497 e. The van der Waals surface area contributed by atoms with Crippen molar-refractivity contribution in [2.75, 3.05) is 18.7 Å². The Labute approximate surface area is 158 Å². The number of aromatic nitrogens is 2. The Morgan fingerprint density at radius 3 is 2.52 bits per heavy atom. The molecule has 1 aromatic heterocycles. The van der Waals surface area contributed by atoms with Gasteiger partial charge in [-0.25, -0.2) is 23.1 Å². The van der Waals surface area contributed by atoms with Gasteiger partial charge in [0.2, 0.25) is 10.0 Å². The van der Waals surface area contributed by atoms with Crippen molar-refractivity contribution in [1.82, 2.24) is 14.7 Å². The third-order valence-corrected chi connectivity index (χ3v) is 4.47. The van der Waals surface area contributed by atoms with Crippen LogP contribution in [0.4, 0.5) is 11.5 Å². The molecule has 27 heavy (non-hydrogen) atoms. The van der Waals surface area contributed by atoms with Crippen molar-refractivity contribution in [3.8, 4) is 17.0 Å². The van der Waals surface area contributed by atoms with E-state index in [1.54, 1.807) is 7.11 Å². The van der Waals surface area contributed by atoms with Gasteiger partial charge in [0.1, 0.15) is 17.9 Å². The second-order valence-electron chi connectivity index (χ2n) is 5.94. The Balaban J connectivity index is 1.72. The fourth-order valence-corrected chi connectivity index (χ4v) is 2.86. The molecule has 0 atom stereocenters. The van der Waals surface area contributed by atoms with Gasteiger partial charge in [0.25, 0.3) is 0 Å². The predicted octanol–water partition coefficient (Wildman–Crippen LogP) is 2.95. The summed E-state index contributed by atoms with van der Waals surface area (Å²) in [6, 6.07) is 17.0. The SMILES string of the molecule is COc1cccc(-c2cc(Nc3ccc(CNS(C)(=O)=O)cc3)ncn2)c1. The summed E-state index contributed by atoms with van der Waals surface area (Å²) in [4.78, 5) is 8.56. The van der Waals surface area contributed by atoms with Crippen molar-refractivity contribution < 1.29 is 13.2 Å². The fourth-order valence-electron chi connectivity index (χ4n) is 2.43. The van der Waals surface area contributed by atoms with E-state index >= 15 is 0 Å². The molecule has 0 saturated heterocycles. The Kier molecular flexibility index (Phi) is 5.68. The van der Waals surface area contributed by atoms with Gasteiger partial charge >= 0.3 is 0 Å². The molecule has 0 spiro atoms. The first kappa shape index (κ1) is 18.8. The smallest absolute Gasteiger partial charge is 0.209 e. The molecule has 0 saturated carbocycles. The van der Waals surface area contributed by atoms with Gasteiger partial charge in [0.15, 0.2) is 0 Å². The monoisotopic (exact) mass is 384 g/mol. The number of benzene rings is 2. The molecule has 0 aliphatic carbocycles. The van der Waals surface area contributed by atoms with Crippen LogP contribution in [0.2, 0.25) is 0 Å². The van der Waals surface area contributed by atoms with Crippen molar-refractivity contribution in [2.45, 2.75) is 6.54 Å². The number of anilines is 2. The van der Waals surface area contributed by atoms with Crippen molar-refractivity contribution in [1.29, 1.82) is 0 Å². The maximum Gasteiger partial charge on any atom is 0.209 e. The second kappa shape index (κ2) is 8.15. The van der Waals surface area contributed by atoms with Crippen LogP contribution in [0.1, 0.15) is 5.56 Å². The molecule has 0 radical (unpaired) electrons. The first-order chi connectivity index (χ1) is 12.9. The Hall–Kier alpha value is -2.97. The summed E-state index contributed by atoms with van der Waals surface area (Å²) in [7, 11) is -1.58. The van der Waals surface area contributed by atoms with E-state index in [0.717, 1.165) is 34.5 Å². The Morgan fingerprint density at radius 1 is 1.04 bits per heavy atom. The molecule has 3 aromatic rings. The third kappa shape index (κ3) is 5.50. The van der Waals surface area contributed by atoms with Crippen molar-refractivity contribution >= 4 is 21.5 Å². The number of hydrogen-bond donors (Lipinski definition) is 2. The average Bonchev–Trinajstić information content (AvgIpc) is 2.67. The van der Waals surface area contributed by atoms with Crippen LogP contribution in [0, 0.1) is 0 Å². The van der Waals surface area contributed by atoms with Gasteiger partial charge < -0.3 is 10.1 Å². The van der Waals surface area contributed by atoms with Crippen LogP contribution in [0.3, 0.4) is 0 Å². The number of sulfonamides is 1. The molecule has 0 aliphatic rings. The van der Waals surface area contributed by atoms with Crippen LogP contribution >= 0.6 is 0 Å². The molecule has 7 nitrogen and oxygen atoms in total. The minimum absolute atomic E-state index is 0.257. The zero-order valence-electron chi connectivity index (χ0n) is 15.0. The number of hydrogen-bond acceptors (Lipinski definition) is 6. The number of nitrogens with zero attached hydrogens (tertiary/aromatic N) is 2. The normalized spacial score (nSPS) is 11.2. The van der Waals surface area contributed by atoms with Crippen LogP contribution in [-0.2, 0) is 16.6 Å². The highest BCUT2D eigenvalue weighted by atomic mass is 32.2. The molecule has 0 bridgehead atoms. The highest BCUT2D eigenvalue weighted by Gasteiger charge is 2.05. The van der Waals surface area contributed by atoms with Crippen LogP contribution < -0.4 is 14.8 Å². The third-order valence-electron chi connectivity index (χ3n) is 3.80. The molecule has 2 N–H and O–H groups in total. The lowest BCUT2D eigenvalue weighted by molar-refractivity contribution is 0.415. The van der Waals surface area contributed by atoms with E-state index in [-0.39, 0.29) is 6.54 Å². The zero-order chi connectivity index (χ0) is 19.3. The molecule has 0 aliphatic heterocycles. The predicted molar refractivity (Wildman–Crippen MR) is 105 cm³/mol. The average molecular weight is 384 g/mol. The topological polar surface area (TPSA) is 93.2 Å². The molecule has 2 aromatic carbocycles. The maximum atomic E-state index is 11.2. The van der Waals surface area contributed by atoms with Gasteiger partial charge in [-0.3, -0.25) is 0 Å². The number of methoxy groups -OCH3 is 1. The van der Waals surface area contributed by atoms with E-state index in [9.17, 15) is 8.42 Å². The Morgan fingerprint density at radius 2 is 1.81 bits per heavy atom. The van der Waals surface area contributed by atoms with Crippen molar-refractivity contribution in [3.63, 3.8) is 0 Å². The van der Waals surface area contributed by atoms with Crippen LogP contribution in [0.15, 0.2) is 60.9 Å². The summed E-state index contributed by atoms with van der Waals surface area (Å²) in [5.74, 6) is 1.42. The van der Waals surface area contributed by atoms with Gasteiger partial charge in [-0.05, 0) is 29.8 Å². The van der Waals surface area contributed by atoms with Crippen molar-refractivity contribution in [2.24, 2.45) is 0 Å². The maximum absolute atomic E-state index is 11.2. The molecule has 0 amide bonds. The van der Waals surface area contributed by atoms with Gasteiger partial charge in [0.05, 0.1) is 19.1 Å². The zero-order valence-corrected chi connectivity index (χ0v) is 15.8. The fraction of sp³-hybridized carbons (Fsp3) is 0.158. The molecule has 8 heteroatoms. The molecular weight excluding hydrogens is 364 g/mol. The standard InChI is InChI=1S/C19H20N4O3S/c1-26-17-5-3-4-15(10-17)18-11-19(21-13-20-18)23-16-8-6-14(7-9-16)12-22-27(2,24)25/h3-11,13,22H,12H2,1-2H3,(H,20,21,23). The first-order valence-electron chi connectivity index (χ1n) is 8.20. The van der Waals surface area contributed by atoms with Crippen LogP contribution in [0.25, 0.3) is 11.3 Å². The summed E-state index contributed by atoms with van der Waals surface area (Å²) >= 11 is 0. The lowest BCUT2D eigenvalue weighted by atomic mass is 10.1. The highest BCUT2D eigenvalue weighted by molar-refractivity contribution is 7.88. The number of ether oxygens (including phenoxy) is 1. The molecule has 0 fully saturated rings. The van der Waals surface area contributed by atoms with Gasteiger partial charge in [-0.1, -0.05) is 24.3 Å². The van der Waals surface area contributed by atoms with Gasteiger partial charge in [-0.2, -0.15) is 0 Å². The summed E-state index contributed by atoms with van der Waals surface area (Å²) in [5, 5.41) is 3.22. The summed E-state index contributed by atoms with van der Waals surface area (Å²) in [6.45, 7) is 0.257. The summed E-state index contributed by atoms with van der Waals surface area (Å²) < 4.78 is 30.0. The lowest BCUT2D eigenvalue weighted by Crippen LogP contribution is -2.21. The lowest BCUT2D eigenvalue weighted by Gasteiger charge is -2.09. The summed E-state index contributed by atoms with van der Waals surface area (Å²) in [5.41, 5.74) is 3.42. The first-order valence-corrected chi connectivity index (χ1v) is 10.1.